The highest BCUT2D eigenvalue weighted by atomic mass is 16.5. The number of carbonyl (C=O) groups is 3. The fourth-order valence-electron chi connectivity index (χ4n) is 5.40. The Morgan fingerprint density at radius 3 is 2.45 bits per heavy atom. The second-order valence-electron chi connectivity index (χ2n) is 11.2. The number of nitrogens with zero attached hydrogens (tertiary/aromatic N) is 3. The lowest BCUT2D eigenvalue weighted by molar-refractivity contribution is -0.131. The summed E-state index contributed by atoms with van der Waals surface area (Å²) in [5.74, 6) is 0.230. The normalized spacial score (nSPS) is 12.3. The van der Waals surface area contributed by atoms with Crippen LogP contribution in [-0.2, 0) is 20.9 Å². The summed E-state index contributed by atoms with van der Waals surface area (Å²) in [6.45, 7) is 4.87. The van der Waals surface area contributed by atoms with Crippen molar-refractivity contribution in [3.8, 4) is 0 Å². The zero-order chi connectivity index (χ0) is 32.0. The number of amides is 3. The minimum absolute atomic E-state index is 0.141. The number of ether oxygens (including phenoxy) is 1. The highest BCUT2D eigenvalue weighted by Gasteiger charge is 2.27. The third-order valence-electron chi connectivity index (χ3n) is 7.68. The molecule has 1 heterocycles. The van der Waals surface area contributed by atoms with Gasteiger partial charge in [-0.3, -0.25) is 14.4 Å². The largest absolute Gasteiger partial charge is 0.384 e. The Labute approximate surface area is 258 Å². The summed E-state index contributed by atoms with van der Waals surface area (Å²) >= 11 is 0. The maximum atomic E-state index is 14.3. The number of pyridine rings is 1. The molecular formula is C34H40N6O4. The number of methoxy groups -OCH3 is 1. The van der Waals surface area contributed by atoms with E-state index in [1.807, 2.05) is 49.4 Å². The van der Waals surface area contributed by atoms with Gasteiger partial charge in [0.05, 0.1) is 6.61 Å². The molecule has 230 valence electrons. The molecule has 44 heavy (non-hydrogen) atoms. The van der Waals surface area contributed by atoms with Crippen molar-refractivity contribution in [2.75, 3.05) is 51.2 Å². The maximum absolute atomic E-state index is 14.3. The summed E-state index contributed by atoms with van der Waals surface area (Å²) in [5, 5.41) is 7.81. The van der Waals surface area contributed by atoms with Crippen molar-refractivity contribution in [3.63, 3.8) is 0 Å². The lowest BCUT2D eigenvalue weighted by Gasteiger charge is -2.28. The molecule has 0 aliphatic heterocycles. The van der Waals surface area contributed by atoms with Crippen LogP contribution in [0.3, 0.4) is 0 Å². The molecule has 0 spiro atoms. The fraction of sp³-hybridized carbons (Fsp3) is 0.294. The number of nitrogens with two attached hydrogens (primary N) is 1. The van der Waals surface area contributed by atoms with E-state index in [-0.39, 0.29) is 24.3 Å². The van der Waals surface area contributed by atoms with Crippen molar-refractivity contribution in [1.82, 2.24) is 14.8 Å². The van der Waals surface area contributed by atoms with Gasteiger partial charge in [-0.15, -0.1) is 0 Å². The van der Waals surface area contributed by atoms with Gasteiger partial charge in [0.15, 0.2) is 0 Å². The third kappa shape index (κ3) is 7.15. The van der Waals surface area contributed by atoms with Crippen LogP contribution in [0.25, 0.3) is 10.8 Å². The van der Waals surface area contributed by atoms with Crippen molar-refractivity contribution in [2.45, 2.75) is 32.4 Å². The van der Waals surface area contributed by atoms with E-state index in [9.17, 15) is 14.4 Å². The van der Waals surface area contributed by atoms with Gasteiger partial charge in [0.25, 0.3) is 5.91 Å². The number of benzene rings is 3. The van der Waals surface area contributed by atoms with Gasteiger partial charge in [-0.1, -0.05) is 25.1 Å². The number of nitrogens with one attached hydrogen (secondary N) is 2. The molecule has 10 nitrogen and oxygen atoms in total. The molecule has 1 aromatic heterocycles. The van der Waals surface area contributed by atoms with E-state index in [0.29, 0.717) is 35.6 Å². The third-order valence-corrected chi connectivity index (χ3v) is 7.68. The highest BCUT2D eigenvalue weighted by Crippen LogP contribution is 2.30. The predicted octanol–water partition coefficient (Wildman–Crippen LogP) is 4.96. The molecule has 3 aromatic carbocycles. The summed E-state index contributed by atoms with van der Waals surface area (Å²) < 4.78 is 5.37. The van der Waals surface area contributed by atoms with Crippen LogP contribution in [-0.4, -0.2) is 67.9 Å². The number of aromatic nitrogens is 1. The number of aryl methyl sites for hydroxylation is 1. The second kappa shape index (κ2) is 14.0. The molecule has 0 aliphatic rings. The van der Waals surface area contributed by atoms with Crippen molar-refractivity contribution < 1.29 is 19.1 Å². The summed E-state index contributed by atoms with van der Waals surface area (Å²) in [4.78, 5) is 45.6. The average Bonchev–Trinajstić information content (AvgIpc) is 2.99. The molecule has 0 saturated heterocycles. The van der Waals surface area contributed by atoms with Crippen molar-refractivity contribution in [2.24, 2.45) is 0 Å². The van der Waals surface area contributed by atoms with E-state index in [1.54, 1.807) is 57.5 Å². The SMILES string of the molecule is COC[C@H](C)c1ccc([C@@H](Nc2ccc3c(N)nccc3c2)C(=O)N(C)Cc2cc(NC=O)ccc2C(=O)N(C)C)cc1C. The molecule has 10 heteroatoms. The maximum Gasteiger partial charge on any atom is 0.253 e. The smallest absolute Gasteiger partial charge is 0.253 e. The highest BCUT2D eigenvalue weighted by molar-refractivity contribution is 5.97. The minimum atomic E-state index is -0.744. The molecule has 0 fully saturated rings. The lowest BCUT2D eigenvalue weighted by Crippen LogP contribution is -2.35. The van der Waals surface area contributed by atoms with Crippen LogP contribution >= 0.6 is 0 Å². The molecule has 4 N–H and O–H groups in total. The molecular weight excluding hydrogens is 556 g/mol. The van der Waals surface area contributed by atoms with E-state index < -0.39 is 6.04 Å². The van der Waals surface area contributed by atoms with Gasteiger partial charge in [-0.2, -0.15) is 0 Å². The molecule has 4 rings (SSSR count). The summed E-state index contributed by atoms with van der Waals surface area (Å²) in [7, 11) is 6.73. The van der Waals surface area contributed by atoms with Gasteiger partial charge in [-0.05, 0) is 77.0 Å². The Bertz CT molecular complexity index is 1670. The molecule has 0 unspecified atom stereocenters. The number of likely N-dealkylation sites (N-methyl/N-ethyl adjacent to an activating group) is 1. The van der Waals surface area contributed by atoms with E-state index in [2.05, 4.69) is 22.5 Å². The first-order valence-electron chi connectivity index (χ1n) is 14.3. The molecule has 2 atom stereocenters. The number of rotatable bonds is 12. The van der Waals surface area contributed by atoms with Gasteiger partial charge in [0.2, 0.25) is 12.3 Å². The first-order chi connectivity index (χ1) is 21.0. The Morgan fingerprint density at radius 1 is 1.02 bits per heavy atom. The van der Waals surface area contributed by atoms with E-state index >= 15 is 0 Å². The standard InChI is InChI=1S/C34H40N6O4/c1-21-15-24(7-10-28(21)22(2)19-44-6)31(38-27-9-11-29-23(16-27)13-14-36-32(29)35)34(43)40(5)18-25-17-26(37-20-41)8-12-30(25)33(42)39(3)4/h7-17,20,22,31,38H,18-19H2,1-6H3,(H2,35,36)(H,37,41)/t22-,31+/m0/s1. The zero-order valence-corrected chi connectivity index (χ0v) is 26.0. The Morgan fingerprint density at radius 2 is 1.77 bits per heavy atom. The molecule has 4 aromatic rings. The van der Waals surface area contributed by atoms with Gasteiger partial charge in [0, 0.05) is 69.2 Å². The van der Waals surface area contributed by atoms with Crippen molar-refractivity contribution in [1.29, 1.82) is 0 Å². The topological polar surface area (TPSA) is 130 Å². The van der Waals surface area contributed by atoms with Crippen LogP contribution in [0.4, 0.5) is 17.2 Å². The molecule has 0 radical (unpaired) electrons. The number of nitrogen functional groups attached to an aromatic ring is 1. The first-order valence-corrected chi connectivity index (χ1v) is 14.3. The number of hydrogen-bond acceptors (Lipinski definition) is 7. The van der Waals surface area contributed by atoms with Gasteiger partial charge in [0.1, 0.15) is 11.9 Å². The Hall–Kier alpha value is -4.96. The molecule has 3 amide bonds. The number of hydrogen-bond donors (Lipinski definition) is 3. The Balaban J connectivity index is 1.73. The van der Waals surface area contributed by atoms with Crippen molar-refractivity contribution in [3.05, 3.63) is 94.7 Å². The predicted molar refractivity (Wildman–Crippen MR) is 175 cm³/mol. The fourth-order valence-corrected chi connectivity index (χ4v) is 5.40. The summed E-state index contributed by atoms with van der Waals surface area (Å²) in [6, 6.07) is 17.9. The van der Waals surface area contributed by atoms with Crippen LogP contribution < -0.4 is 16.4 Å². The Kier molecular flexibility index (Phi) is 10.2. The summed E-state index contributed by atoms with van der Waals surface area (Å²) in [6.07, 6.45) is 2.23. The van der Waals surface area contributed by atoms with Crippen LogP contribution in [0, 0.1) is 6.92 Å². The van der Waals surface area contributed by atoms with E-state index in [0.717, 1.165) is 33.2 Å². The molecule has 0 bridgehead atoms. The number of carbonyl (C=O) groups excluding carboxylic acids is 3. The number of anilines is 3. The lowest BCUT2D eigenvalue weighted by atomic mass is 9.93. The monoisotopic (exact) mass is 596 g/mol. The van der Waals surface area contributed by atoms with Crippen LogP contribution in [0.1, 0.15) is 51.5 Å². The zero-order valence-electron chi connectivity index (χ0n) is 26.0. The van der Waals surface area contributed by atoms with Gasteiger partial charge < -0.3 is 30.9 Å². The van der Waals surface area contributed by atoms with Crippen LogP contribution in [0.15, 0.2) is 66.9 Å². The first kappa shape index (κ1) is 32.0. The van der Waals surface area contributed by atoms with E-state index in [1.165, 1.54) is 4.90 Å². The average molecular weight is 597 g/mol. The molecule has 0 saturated carbocycles. The van der Waals surface area contributed by atoms with Crippen LogP contribution in [0.2, 0.25) is 0 Å². The van der Waals surface area contributed by atoms with E-state index in [4.69, 9.17) is 10.5 Å². The summed E-state index contributed by atoms with van der Waals surface area (Å²) in [5.41, 5.74) is 11.4. The quantitative estimate of drug-likeness (QED) is 0.197. The van der Waals surface area contributed by atoms with Gasteiger partial charge in [-0.25, -0.2) is 4.98 Å². The van der Waals surface area contributed by atoms with Crippen LogP contribution in [0.5, 0.6) is 0 Å². The number of fused-ring (bicyclic) bond motifs is 1. The second-order valence-corrected chi connectivity index (χ2v) is 11.2. The minimum Gasteiger partial charge on any atom is -0.384 e. The van der Waals surface area contributed by atoms with Crippen molar-refractivity contribution >= 4 is 46.2 Å². The molecule has 0 aliphatic carbocycles. The van der Waals surface area contributed by atoms with Gasteiger partial charge >= 0.3 is 0 Å².